The fraction of sp³-hybridized carbons (Fsp3) is 0.143. The molecule has 0 saturated carbocycles. The molecule has 0 spiro atoms. The van der Waals surface area contributed by atoms with Crippen molar-refractivity contribution in [2.45, 2.75) is 13.3 Å². The van der Waals surface area contributed by atoms with Gasteiger partial charge in [0.2, 0.25) is 5.91 Å². The van der Waals surface area contributed by atoms with Gasteiger partial charge in [-0.05, 0) is 42.3 Å². The van der Waals surface area contributed by atoms with Crippen LogP contribution in [-0.2, 0) is 11.2 Å². The molecule has 0 unspecified atom stereocenters. The van der Waals surface area contributed by atoms with Crippen molar-refractivity contribution in [2.75, 3.05) is 16.8 Å². The van der Waals surface area contributed by atoms with E-state index in [9.17, 15) is 9.59 Å². The Bertz CT molecular complexity index is 1040. The van der Waals surface area contributed by atoms with Gasteiger partial charge in [0, 0.05) is 19.0 Å². The summed E-state index contributed by atoms with van der Waals surface area (Å²) in [7, 11) is 0. The fourth-order valence-electron chi connectivity index (χ4n) is 3.32. The predicted molar refractivity (Wildman–Crippen MR) is 105 cm³/mol. The Hall–Kier alpha value is -3.05. The normalized spacial score (nSPS) is 12.7. The van der Waals surface area contributed by atoms with Crippen molar-refractivity contribution in [1.82, 2.24) is 0 Å². The van der Waals surface area contributed by atoms with Gasteiger partial charge in [0.15, 0.2) is 5.76 Å². The number of carbonyl (C=O) groups excluding carboxylic acids is 2. The molecule has 0 radical (unpaired) electrons. The number of hydrogen-bond donors (Lipinski definition) is 1. The van der Waals surface area contributed by atoms with Gasteiger partial charge in [-0.1, -0.05) is 35.9 Å². The first kappa shape index (κ1) is 17.4. The van der Waals surface area contributed by atoms with Crippen molar-refractivity contribution in [2.24, 2.45) is 0 Å². The summed E-state index contributed by atoms with van der Waals surface area (Å²) in [6.45, 7) is 2.14. The molecule has 0 aliphatic carbocycles. The van der Waals surface area contributed by atoms with E-state index in [1.54, 1.807) is 29.2 Å². The Kier molecular flexibility index (Phi) is 4.46. The van der Waals surface area contributed by atoms with E-state index in [2.05, 4.69) is 5.32 Å². The number of benzene rings is 2. The van der Waals surface area contributed by atoms with Crippen LogP contribution < -0.4 is 10.2 Å². The number of para-hydroxylation sites is 1. The highest BCUT2D eigenvalue weighted by atomic mass is 35.5. The third kappa shape index (κ3) is 3.22. The molecule has 2 aromatic carbocycles. The van der Waals surface area contributed by atoms with Crippen molar-refractivity contribution in [3.05, 3.63) is 70.9 Å². The molecule has 3 aromatic rings. The highest BCUT2D eigenvalue weighted by Crippen LogP contribution is 2.36. The monoisotopic (exact) mass is 380 g/mol. The minimum absolute atomic E-state index is 0.0468. The van der Waals surface area contributed by atoms with Gasteiger partial charge < -0.3 is 14.6 Å². The van der Waals surface area contributed by atoms with Gasteiger partial charge in [-0.2, -0.15) is 0 Å². The summed E-state index contributed by atoms with van der Waals surface area (Å²) in [5, 5.41) is 3.42. The summed E-state index contributed by atoms with van der Waals surface area (Å²) >= 11 is 6.19. The largest absolute Gasteiger partial charge is 0.451 e. The van der Waals surface area contributed by atoms with Crippen molar-refractivity contribution in [1.29, 1.82) is 0 Å². The molecule has 136 valence electrons. The SMILES string of the molecule is CC(=O)N1CCc2cccc(NC(=O)c3ccc(-c4ccccc4Cl)o3)c21. The van der Waals surface area contributed by atoms with Crippen molar-refractivity contribution < 1.29 is 14.0 Å². The molecule has 6 heteroatoms. The van der Waals surface area contributed by atoms with E-state index in [4.69, 9.17) is 16.0 Å². The molecule has 0 atom stereocenters. The average Bonchev–Trinajstić information content (AvgIpc) is 3.30. The van der Waals surface area contributed by atoms with Gasteiger partial charge in [-0.25, -0.2) is 0 Å². The van der Waals surface area contributed by atoms with Gasteiger partial charge in [-0.3, -0.25) is 9.59 Å². The first-order valence-corrected chi connectivity index (χ1v) is 8.98. The summed E-state index contributed by atoms with van der Waals surface area (Å²) in [6, 6.07) is 16.2. The van der Waals surface area contributed by atoms with Crippen LogP contribution in [0.1, 0.15) is 23.0 Å². The van der Waals surface area contributed by atoms with Crippen molar-refractivity contribution in [3.8, 4) is 11.3 Å². The van der Waals surface area contributed by atoms with E-state index in [0.29, 0.717) is 23.0 Å². The number of nitrogens with zero attached hydrogens (tertiary/aromatic N) is 1. The minimum atomic E-state index is -0.378. The first-order chi connectivity index (χ1) is 13.0. The lowest BCUT2D eigenvalue weighted by atomic mass is 10.1. The molecular weight excluding hydrogens is 364 g/mol. The van der Waals surface area contributed by atoms with E-state index < -0.39 is 0 Å². The van der Waals surface area contributed by atoms with Crippen LogP contribution in [0.5, 0.6) is 0 Å². The van der Waals surface area contributed by atoms with E-state index in [1.165, 1.54) is 6.92 Å². The molecule has 0 saturated heterocycles. The standard InChI is InChI=1S/C21H17ClN2O3/c1-13(25)24-12-11-14-5-4-8-17(20(14)24)23-21(26)19-10-9-18(27-19)15-6-2-3-7-16(15)22/h2-10H,11-12H2,1H3,(H,23,26). The molecule has 4 rings (SSSR count). The van der Waals surface area contributed by atoms with Gasteiger partial charge in [0.1, 0.15) is 5.76 Å². The lowest BCUT2D eigenvalue weighted by Gasteiger charge is -2.18. The second-order valence-corrected chi connectivity index (χ2v) is 6.74. The van der Waals surface area contributed by atoms with Crippen molar-refractivity contribution >= 4 is 34.8 Å². The topological polar surface area (TPSA) is 62.6 Å². The zero-order chi connectivity index (χ0) is 19.0. The number of amides is 2. The molecule has 1 aromatic heterocycles. The molecule has 5 nitrogen and oxygen atoms in total. The van der Waals surface area contributed by atoms with Crippen LogP contribution in [-0.4, -0.2) is 18.4 Å². The van der Waals surface area contributed by atoms with E-state index in [-0.39, 0.29) is 17.6 Å². The van der Waals surface area contributed by atoms with E-state index in [0.717, 1.165) is 23.2 Å². The third-order valence-electron chi connectivity index (χ3n) is 4.59. The lowest BCUT2D eigenvalue weighted by molar-refractivity contribution is -0.116. The van der Waals surface area contributed by atoms with Crippen LogP contribution in [0.15, 0.2) is 59.0 Å². The number of rotatable bonds is 3. The summed E-state index contributed by atoms with van der Waals surface area (Å²) in [5.41, 5.74) is 3.12. The number of furan rings is 1. The number of nitrogens with one attached hydrogen (secondary N) is 1. The Morgan fingerprint density at radius 3 is 2.67 bits per heavy atom. The summed E-state index contributed by atoms with van der Waals surface area (Å²) in [4.78, 5) is 26.3. The zero-order valence-electron chi connectivity index (χ0n) is 14.7. The smallest absolute Gasteiger partial charge is 0.291 e. The summed E-state index contributed by atoms with van der Waals surface area (Å²) in [5.74, 6) is 0.274. The maximum atomic E-state index is 12.7. The van der Waals surface area contributed by atoms with Gasteiger partial charge >= 0.3 is 0 Å². The van der Waals surface area contributed by atoms with Crippen LogP contribution in [0, 0.1) is 0 Å². The number of anilines is 2. The van der Waals surface area contributed by atoms with Crippen LogP contribution in [0.3, 0.4) is 0 Å². The maximum Gasteiger partial charge on any atom is 0.291 e. The Balaban J connectivity index is 1.61. The highest BCUT2D eigenvalue weighted by molar-refractivity contribution is 6.33. The van der Waals surface area contributed by atoms with Crippen LogP contribution in [0.2, 0.25) is 5.02 Å². The van der Waals surface area contributed by atoms with Gasteiger partial charge in [-0.15, -0.1) is 0 Å². The molecule has 1 aliphatic heterocycles. The molecule has 2 amide bonds. The van der Waals surface area contributed by atoms with Crippen LogP contribution in [0.25, 0.3) is 11.3 Å². The summed E-state index contributed by atoms with van der Waals surface area (Å²) < 4.78 is 5.70. The lowest BCUT2D eigenvalue weighted by Crippen LogP contribution is -2.27. The number of hydrogen-bond acceptors (Lipinski definition) is 3. The number of fused-ring (bicyclic) bond motifs is 1. The first-order valence-electron chi connectivity index (χ1n) is 8.60. The maximum absolute atomic E-state index is 12.7. The molecule has 0 bridgehead atoms. The zero-order valence-corrected chi connectivity index (χ0v) is 15.4. The van der Waals surface area contributed by atoms with Gasteiger partial charge in [0.05, 0.1) is 16.4 Å². The average molecular weight is 381 g/mol. The molecule has 1 N–H and O–H groups in total. The van der Waals surface area contributed by atoms with E-state index >= 15 is 0 Å². The van der Waals surface area contributed by atoms with E-state index in [1.807, 2.05) is 30.3 Å². The second-order valence-electron chi connectivity index (χ2n) is 6.33. The molecular formula is C21H17ClN2O3. The Labute approximate surface area is 161 Å². The minimum Gasteiger partial charge on any atom is -0.451 e. The third-order valence-corrected chi connectivity index (χ3v) is 4.92. The fourth-order valence-corrected chi connectivity index (χ4v) is 3.55. The molecule has 27 heavy (non-hydrogen) atoms. The molecule has 2 heterocycles. The predicted octanol–water partition coefficient (Wildman–Crippen LogP) is 4.76. The van der Waals surface area contributed by atoms with Crippen LogP contribution in [0.4, 0.5) is 11.4 Å². The molecule has 0 fully saturated rings. The highest BCUT2D eigenvalue weighted by Gasteiger charge is 2.26. The Morgan fingerprint density at radius 1 is 1.07 bits per heavy atom. The molecule has 1 aliphatic rings. The summed E-state index contributed by atoms with van der Waals surface area (Å²) in [6.07, 6.45) is 0.774. The van der Waals surface area contributed by atoms with Crippen LogP contribution >= 0.6 is 11.6 Å². The second kappa shape index (κ2) is 6.93. The number of carbonyl (C=O) groups is 2. The van der Waals surface area contributed by atoms with Crippen molar-refractivity contribution in [3.63, 3.8) is 0 Å². The number of halogens is 1. The quantitative estimate of drug-likeness (QED) is 0.712. The Morgan fingerprint density at radius 2 is 1.89 bits per heavy atom. The van der Waals surface area contributed by atoms with Gasteiger partial charge in [0.25, 0.3) is 5.91 Å².